The number of carbonyl (C=O) groups excluding carboxylic acids is 1. The van der Waals surface area contributed by atoms with Gasteiger partial charge < -0.3 is 26.6 Å². The Morgan fingerprint density at radius 2 is 1.36 bits per heavy atom. The van der Waals surface area contributed by atoms with Crippen LogP contribution in [0, 0.1) is 11.8 Å². The van der Waals surface area contributed by atoms with Gasteiger partial charge in [-0.1, -0.05) is 34.1 Å². The number of hydrogen-bond acceptors (Lipinski definition) is 6. The average Bonchev–Trinajstić information content (AvgIpc) is 2.66. The van der Waals surface area contributed by atoms with Gasteiger partial charge in [0.25, 0.3) is 0 Å². The Balaban J connectivity index is -0.000000524. The van der Waals surface area contributed by atoms with Crippen molar-refractivity contribution in [2.75, 3.05) is 18.8 Å². The molecule has 0 aliphatic rings. The Morgan fingerprint density at radius 3 is 1.64 bits per heavy atom. The summed E-state index contributed by atoms with van der Waals surface area (Å²) in [6.07, 6.45) is -8.19. The molecule has 0 rings (SSSR count). The Hall–Kier alpha value is -1.74. The topological polar surface area (TPSA) is 142 Å². The molecule has 0 aliphatic carbocycles. The van der Waals surface area contributed by atoms with Crippen LogP contribution in [0.4, 0.5) is 26.3 Å². The lowest BCUT2D eigenvalue weighted by Gasteiger charge is -2.25. The van der Waals surface area contributed by atoms with Gasteiger partial charge in [-0.3, -0.25) is 4.79 Å². The summed E-state index contributed by atoms with van der Waals surface area (Å²) in [5.74, 6) is -3.91. The van der Waals surface area contributed by atoms with Gasteiger partial charge in [-0.05, 0) is 18.3 Å². The normalized spacial score (nSPS) is 14.1. The van der Waals surface area contributed by atoms with Gasteiger partial charge in [0.1, 0.15) is 0 Å². The molecule has 0 fully saturated rings. The summed E-state index contributed by atoms with van der Waals surface area (Å²) in [5, 5.41) is 20.5. The molecule has 0 unspecified atom stereocenters. The van der Waals surface area contributed by atoms with Crippen LogP contribution in [-0.4, -0.2) is 71.3 Å². The molecular weight excluding hydrogens is 484 g/mol. The molecule has 0 heterocycles. The lowest BCUT2D eigenvalue weighted by molar-refractivity contribution is -0.193. The largest absolute Gasteiger partial charge is 0.490 e. The highest BCUT2D eigenvalue weighted by atomic mass is 32.1. The second kappa shape index (κ2) is 17.7. The molecule has 0 bridgehead atoms. The van der Waals surface area contributed by atoms with Gasteiger partial charge in [-0.15, -0.1) is 0 Å². The molecule has 15 heteroatoms. The summed E-state index contributed by atoms with van der Waals surface area (Å²) in [4.78, 5) is 30.0. The van der Waals surface area contributed by atoms with Gasteiger partial charge in [0.2, 0.25) is 5.91 Å². The van der Waals surface area contributed by atoms with E-state index in [-0.39, 0.29) is 18.0 Å². The summed E-state index contributed by atoms with van der Waals surface area (Å²) in [6, 6.07) is -0.179. The zero-order chi connectivity index (χ0) is 27.0. The molecule has 3 atom stereocenters. The Bertz CT molecular complexity index is 553. The van der Waals surface area contributed by atoms with Crippen LogP contribution in [0.5, 0.6) is 0 Å². The zero-order valence-corrected chi connectivity index (χ0v) is 19.7. The van der Waals surface area contributed by atoms with E-state index in [1.54, 1.807) is 0 Å². The summed E-state index contributed by atoms with van der Waals surface area (Å²) in [7, 11) is 0. The van der Waals surface area contributed by atoms with Crippen molar-refractivity contribution in [1.82, 2.24) is 10.6 Å². The minimum atomic E-state index is -5.08. The molecular formula is C18H33F6N3O5S. The van der Waals surface area contributed by atoms with Crippen LogP contribution in [0.3, 0.4) is 0 Å². The fourth-order valence-corrected chi connectivity index (χ4v) is 1.85. The highest BCUT2D eigenvalue weighted by Gasteiger charge is 2.38. The number of amides is 1. The molecule has 0 aromatic heterocycles. The van der Waals surface area contributed by atoms with Gasteiger partial charge in [-0.2, -0.15) is 39.0 Å². The van der Waals surface area contributed by atoms with Crippen molar-refractivity contribution >= 4 is 30.5 Å². The lowest BCUT2D eigenvalue weighted by Crippen LogP contribution is -2.51. The number of nitrogens with one attached hydrogen (secondary N) is 2. The molecule has 33 heavy (non-hydrogen) atoms. The van der Waals surface area contributed by atoms with Crippen LogP contribution in [0.15, 0.2) is 0 Å². The number of aliphatic carboxylic acids is 2. The first kappa shape index (κ1) is 35.8. The van der Waals surface area contributed by atoms with Crippen molar-refractivity contribution in [3.63, 3.8) is 0 Å². The molecule has 0 aromatic carbocycles. The van der Waals surface area contributed by atoms with Gasteiger partial charge >= 0.3 is 24.3 Å². The van der Waals surface area contributed by atoms with E-state index in [0.717, 1.165) is 19.4 Å². The quantitative estimate of drug-likeness (QED) is 0.193. The fraction of sp³-hybridized carbons (Fsp3) is 0.833. The predicted octanol–water partition coefficient (Wildman–Crippen LogP) is 2.68. The lowest BCUT2D eigenvalue weighted by atomic mass is 9.98. The van der Waals surface area contributed by atoms with Crippen LogP contribution >= 0.6 is 12.6 Å². The van der Waals surface area contributed by atoms with E-state index in [0.29, 0.717) is 24.1 Å². The third-order valence-electron chi connectivity index (χ3n) is 3.84. The van der Waals surface area contributed by atoms with Crippen molar-refractivity contribution in [3.05, 3.63) is 0 Å². The molecule has 0 spiro atoms. The van der Waals surface area contributed by atoms with Crippen LogP contribution in [0.1, 0.15) is 40.5 Å². The number of carboxylic acids is 2. The summed E-state index contributed by atoms with van der Waals surface area (Å²) in [5.41, 5.74) is 5.83. The fourth-order valence-electron chi connectivity index (χ4n) is 1.72. The monoisotopic (exact) mass is 517 g/mol. The van der Waals surface area contributed by atoms with E-state index in [1.807, 2.05) is 0 Å². The van der Waals surface area contributed by atoms with E-state index in [2.05, 4.69) is 51.0 Å². The van der Waals surface area contributed by atoms with E-state index < -0.39 is 24.3 Å². The minimum absolute atomic E-state index is 0.0154. The third kappa shape index (κ3) is 21.8. The van der Waals surface area contributed by atoms with Crippen molar-refractivity contribution in [3.8, 4) is 0 Å². The van der Waals surface area contributed by atoms with Crippen molar-refractivity contribution < 1.29 is 50.9 Å². The first-order chi connectivity index (χ1) is 14.8. The van der Waals surface area contributed by atoms with Crippen molar-refractivity contribution in [1.29, 1.82) is 0 Å². The number of hydrogen-bond donors (Lipinski definition) is 6. The van der Waals surface area contributed by atoms with E-state index >= 15 is 0 Å². The van der Waals surface area contributed by atoms with Crippen LogP contribution in [0.25, 0.3) is 0 Å². The maximum Gasteiger partial charge on any atom is 0.490 e. The van der Waals surface area contributed by atoms with Crippen molar-refractivity contribution in [2.45, 2.75) is 65.0 Å². The maximum atomic E-state index is 12.2. The molecule has 0 saturated heterocycles. The van der Waals surface area contributed by atoms with E-state index in [9.17, 15) is 31.1 Å². The number of alkyl halides is 6. The van der Waals surface area contributed by atoms with Crippen LogP contribution < -0.4 is 16.4 Å². The molecule has 6 N–H and O–H groups in total. The summed E-state index contributed by atoms with van der Waals surface area (Å²) >= 11 is 4.16. The van der Waals surface area contributed by atoms with Gasteiger partial charge in [0, 0.05) is 24.9 Å². The number of carboxylic acid groups (broad SMARTS) is 2. The average molecular weight is 518 g/mol. The van der Waals surface area contributed by atoms with Gasteiger partial charge in [-0.25, -0.2) is 9.59 Å². The number of halogens is 6. The minimum Gasteiger partial charge on any atom is -0.475 e. The zero-order valence-electron chi connectivity index (χ0n) is 18.8. The van der Waals surface area contributed by atoms with Crippen LogP contribution in [0.2, 0.25) is 0 Å². The molecule has 1 amide bonds. The molecule has 0 radical (unpaired) electrons. The molecule has 0 saturated carbocycles. The van der Waals surface area contributed by atoms with E-state index in [4.69, 9.17) is 25.5 Å². The first-order valence-electron chi connectivity index (χ1n) is 9.78. The highest BCUT2D eigenvalue weighted by Crippen LogP contribution is 2.13. The first-order valence-corrected chi connectivity index (χ1v) is 10.4. The predicted molar refractivity (Wildman–Crippen MR) is 113 cm³/mol. The van der Waals surface area contributed by atoms with Crippen LogP contribution in [-0.2, 0) is 14.4 Å². The summed E-state index contributed by atoms with van der Waals surface area (Å²) < 4.78 is 63.5. The molecule has 8 nitrogen and oxygen atoms in total. The smallest absolute Gasteiger partial charge is 0.475 e. The molecule has 0 aliphatic heterocycles. The number of thiol groups is 1. The SMILES string of the molecule is CC[C@H](C)[C@H](NC[C@@H](N)CS)C(=O)NCCC(C)C.O=C(O)C(F)(F)F.O=C(O)C(F)(F)F. The number of carbonyl (C=O) groups is 3. The second-order valence-electron chi connectivity index (χ2n) is 7.29. The van der Waals surface area contributed by atoms with Crippen molar-refractivity contribution in [2.24, 2.45) is 17.6 Å². The Kier molecular flexibility index (Phi) is 19.2. The third-order valence-corrected chi connectivity index (χ3v) is 4.30. The second-order valence-corrected chi connectivity index (χ2v) is 7.66. The summed E-state index contributed by atoms with van der Waals surface area (Å²) in [6.45, 7) is 9.86. The number of nitrogens with two attached hydrogens (primary N) is 1. The molecule has 0 aromatic rings. The molecule has 198 valence electrons. The van der Waals surface area contributed by atoms with E-state index in [1.165, 1.54) is 0 Å². The Morgan fingerprint density at radius 1 is 0.970 bits per heavy atom. The Labute approximate surface area is 194 Å². The number of rotatable bonds is 10. The standard InChI is InChI=1S/C14H31N3OS.2C2HF3O2/c1-5-11(4)13(17-8-12(15)9-19)14(18)16-7-6-10(2)3;2*3-2(4,5)1(6)7/h10-13,17,19H,5-9,15H2,1-4H3,(H,16,18);2*(H,6,7)/t11-,12+,13-;;/m0../s1. The van der Waals surface area contributed by atoms with Gasteiger partial charge in [0.15, 0.2) is 0 Å². The van der Waals surface area contributed by atoms with Gasteiger partial charge in [0.05, 0.1) is 6.04 Å². The maximum absolute atomic E-state index is 12.2. The highest BCUT2D eigenvalue weighted by molar-refractivity contribution is 7.80.